The van der Waals surface area contributed by atoms with Gasteiger partial charge in [0.25, 0.3) is 0 Å². The largest absolute Gasteiger partial charge is 0.375 e. The molecule has 110 valence electrons. The quantitative estimate of drug-likeness (QED) is 0.815. The summed E-state index contributed by atoms with van der Waals surface area (Å²) in [4.78, 5) is 0.357. The van der Waals surface area contributed by atoms with Crippen LogP contribution in [0.15, 0.2) is 33.6 Å². The molecule has 0 N–H and O–H groups in total. The van der Waals surface area contributed by atoms with Crippen molar-refractivity contribution < 1.29 is 13.2 Å². The molecule has 4 nitrogen and oxygen atoms in total. The van der Waals surface area contributed by atoms with Crippen LogP contribution in [-0.4, -0.2) is 38.0 Å². The van der Waals surface area contributed by atoms with Crippen LogP contribution in [0.4, 0.5) is 0 Å². The van der Waals surface area contributed by atoms with Gasteiger partial charge < -0.3 is 4.74 Å². The average molecular weight is 360 g/mol. The molecule has 0 aromatic heterocycles. The molecule has 1 spiro atoms. The zero-order valence-corrected chi connectivity index (χ0v) is 13.6. The van der Waals surface area contributed by atoms with Crippen LogP contribution in [0.25, 0.3) is 0 Å². The molecule has 2 saturated heterocycles. The van der Waals surface area contributed by atoms with Gasteiger partial charge in [-0.1, -0.05) is 22.0 Å². The number of nitrogens with zero attached hydrogens (tertiary/aromatic N) is 1. The lowest BCUT2D eigenvalue weighted by Crippen LogP contribution is -2.46. The van der Waals surface area contributed by atoms with Crippen molar-refractivity contribution in [3.8, 4) is 0 Å². The van der Waals surface area contributed by atoms with Crippen LogP contribution in [0.5, 0.6) is 0 Å². The van der Waals surface area contributed by atoms with E-state index in [1.807, 2.05) is 6.07 Å². The Morgan fingerprint density at radius 3 is 2.55 bits per heavy atom. The molecule has 0 bridgehead atoms. The van der Waals surface area contributed by atoms with Gasteiger partial charge in [-0.15, -0.1) is 0 Å². The van der Waals surface area contributed by atoms with Gasteiger partial charge in [-0.3, -0.25) is 0 Å². The monoisotopic (exact) mass is 359 g/mol. The fraction of sp³-hybridized carbons (Fsp3) is 0.571. The fourth-order valence-electron chi connectivity index (χ4n) is 3.06. The molecule has 3 rings (SSSR count). The number of ether oxygens (including phenoxy) is 1. The van der Waals surface area contributed by atoms with E-state index in [2.05, 4.69) is 15.9 Å². The molecule has 6 heteroatoms. The van der Waals surface area contributed by atoms with E-state index in [1.54, 1.807) is 22.5 Å². The molecular formula is C14H18BrNO3S. The summed E-state index contributed by atoms with van der Waals surface area (Å²) >= 11 is 3.32. The van der Waals surface area contributed by atoms with Crippen molar-refractivity contribution >= 4 is 26.0 Å². The predicted octanol–water partition coefficient (Wildman–Crippen LogP) is 2.78. The fourth-order valence-corrected chi connectivity index (χ4v) is 5.10. The molecule has 20 heavy (non-hydrogen) atoms. The van der Waals surface area contributed by atoms with E-state index in [0.29, 0.717) is 18.0 Å². The molecule has 0 unspecified atom stereocenters. The predicted molar refractivity (Wildman–Crippen MR) is 80.1 cm³/mol. The molecule has 2 aliphatic heterocycles. The van der Waals surface area contributed by atoms with Gasteiger partial charge in [0.05, 0.1) is 10.5 Å². The maximum atomic E-state index is 12.6. The van der Waals surface area contributed by atoms with E-state index in [1.165, 1.54) is 0 Å². The number of hydrogen-bond acceptors (Lipinski definition) is 3. The number of piperidine rings is 1. The molecule has 0 radical (unpaired) electrons. The lowest BCUT2D eigenvalue weighted by molar-refractivity contribution is -0.0309. The van der Waals surface area contributed by atoms with Crippen molar-refractivity contribution in [3.05, 3.63) is 28.7 Å². The van der Waals surface area contributed by atoms with Crippen molar-refractivity contribution in [2.24, 2.45) is 0 Å². The average Bonchev–Trinajstić information content (AvgIpc) is 2.87. The van der Waals surface area contributed by atoms with Crippen LogP contribution in [0.3, 0.4) is 0 Å². The van der Waals surface area contributed by atoms with Gasteiger partial charge in [-0.05, 0) is 43.9 Å². The van der Waals surface area contributed by atoms with Gasteiger partial charge in [0.2, 0.25) is 10.0 Å². The Morgan fingerprint density at radius 1 is 1.20 bits per heavy atom. The Morgan fingerprint density at radius 2 is 1.95 bits per heavy atom. The highest BCUT2D eigenvalue weighted by atomic mass is 79.9. The molecule has 2 aliphatic rings. The first-order valence-corrected chi connectivity index (χ1v) is 9.15. The van der Waals surface area contributed by atoms with E-state index >= 15 is 0 Å². The minimum atomic E-state index is -3.38. The van der Waals surface area contributed by atoms with Crippen LogP contribution in [0.1, 0.15) is 25.7 Å². The molecule has 0 amide bonds. The molecule has 2 heterocycles. The van der Waals surface area contributed by atoms with Gasteiger partial charge in [-0.25, -0.2) is 8.42 Å². The summed E-state index contributed by atoms with van der Waals surface area (Å²) in [6.07, 6.45) is 3.77. The van der Waals surface area contributed by atoms with Gasteiger partial charge in [-0.2, -0.15) is 4.31 Å². The van der Waals surface area contributed by atoms with Crippen LogP contribution < -0.4 is 0 Å². The standard InChI is InChI=1S/C14H18BrNO3S/c15-12-3-1-4-13(11-12)20(17,18)16-8-6-14(7-9-16)5-2-10-19-14/h1,3-4,11H,2,5-10H2. The third-order valence-electron chi connectivity index (χ3n) is 4.25. The van der Waals surface area contributed by atoms with Crippen molar-refractivity contribution in [3.63, 3.8) is 0 Å². The lowest BCUT2D eigenvalue weighted by atomic mass is 9.90. The van der Waals surface area contributed by atoms with Gasteiger partial charge in [0.15, 0.2) is 0 Å². The van der Waals surface area contributed by atoms with Crippen LogP contribution in [-0.2, 0) is 14.8 Å². The number of sulfonamides is 1. The molecule has 1 aromatic rings. The first-order chi connectivity index (χ1) is 9.52. The smallest absolute Gasteiger partial charge is 0.243 e. The highest BCUT2D eigenvalue weighted by Gasteiger charge is 2.41. The Bertz CT molecular complexity index is 586. The number of hydrogen-bond donors (Lipinski definition) is 0. The van der Waals surface area contributed by atoms with Crippen molar-refractivity contribution in [1.29, 1.82) is 0 Å². The Labute approximate surface area is 128 Å². The molecule has 2 fully saturated rings. The summed E-state index contributed by atoms with van der Waals surface area (Å²) in [7, 11) is -3.38. The SMILES string of the molecule is O=S(=O)(c1cccc(Br)c1)N1CCC2(CCCO2)CC1. The maximum absolute atomic E-state index is 12.6. The zero-order valence-electron chi connectivity index (χ0n) is 11.2. The molecule has 0 aliphatic carbocycles. The number of rotatable bonds is 2. The summed E-state index contributed by atoms with van der Waals surface area (Å²) in [5.41, 5.74) is -0.0523. The van der Waals surface area contributed by atoms with Crippen LogP contribution in [0.2, 0.25) is 0 Å². The van der Waals surface area contributed by atoms with E-state index in [9.17, 15) is 8.42 Å². The topological polar surface area (TPSA) is 46.6 Å². The van der Waals surface area contributed by atoms with Crippen LogP contribution in [0, 0.1) is 0 Å². The van der Waals surface area contributed by atoms with Gasteiger partial charge >= 0.3 is 0 Å². The molecular weight excluding hydrogens is 342 g/mol. The summed E-state index contributed by atoms with van der Waals surface area (Å²) in [6.45, 7) is 1.92. The summed E-state index contributed by atoms with van der Waals surface area (Å²) < 4.78 is 33.4. The Hall–Kier alpha value is -0.430. The minimum absolute atomic E-state index is 0.0523. The molecule has 1 aromatic carbocycles. The van der Waals surface area contributed by atoms with Gasteiger partial charge in [0, 0.05) is 24.2 Å². The lowest BCUT2D eigenvalue weighted by Gasteiger charge is -2.37. The summed E-state index contributed by atoms with van der Waals surface area (Å²) in [5.74, 6) is 0. The first kappa shape index (κ1) is 14.5. The second-order valence-corrected chi connectivity index (χ2v) is 8.35. The second-order valence-electron chi connectivity index (χ2n) is 5.50. The Kier molecular flexibility index (Phi) is 3.92. The van der Waals surface area contributed by atoms with E-state index < -0.39 is 10.0 Å². The van der Waals surface area contributed by atoms with Crippen molar-refractivity contribution in [2.75, 3.05) is 19.7 Å². The summed E-state index contributed by atoms with van der Waals surface area (Å²) in [6, 6.07) is 6.89. The van der Waals surface area contributed by atoms with E-state index in [0.717, 1.165) is 36.8 Å². The summed E-state index contributed by atoms with van der Waals surface area (Å²) in [5, 5.41) is 0. The second kappa shape index (κ2) is 5.40. The molecule has 0 atom stereocenters. The van der Waals surface area contributed by atoms with Crippen LogP contribution >= 0.6 is 15.9 Å². The minimum Gasteiger partial charge on any atom is -0.375 e. The van der Waals surface area contributed by atoms with E-state index in [-0.39, 0.29) is 5.60 Å². The normalized spacial score (nSPS) is 23.2. The third kappa shape index (κ3) is 2.66. The Balaban J connectivity index is 1.77. The number of benzene rings is 1. The number of halogens is 1. The highest BCUT2D eigenvalue weighted by molar-refractivity contribution is 9.10. The zero-order chi connectivity index (χ0) is 14.2. The first-order valence-electron chi connectivity index (χ1n) is 6.92. The highest BCUT2D eigenvalue weighted by Crippen LogP contribution is 2.37. The maximum Gasteiger partial charge on any atom is 0.243 e. The van der Waals surface area contributed by atoms with Crippen molar-refractivity contribution in [1.82, 2.24) is 4.31 Å². The van der Waals surface area contributed by atoms with Crippen molar-refractivity contribution in [2.45, 2.75) is 36.2 Å². The van der Waals surface area contributed by atoms with E-state index in [4.69, 9.17) is 4.74 Å². The van der Waals surface area contributed by atoms with Gasteiger partial charge in [0.1, 0.15) is 0 Å². The third-order valence-corrected chi connectivity index (χ3v) is 6.64. The molecule has 0 saturated carbocycles.